The number of epoxide rings is 1. The van der Waals surface area contributed by atoms with E-state index < -0.39 is 65.7 Å². The minimum Gasteiger partial charge on any atom is -0.495 e. The number of rotatable bonds is 7. The molecule has 5 rings (SSSR count). The summed E-state index contributed by atoms with van der Waals surface area (Å²) < 4.78 is 29.4. The van der Waals surface area contributed by atoms with Crippen LogP contribution in [0.3, 0.4) is 0 Å². The Kier molecular flexibility index (Phi) is 13.3. The second-order valence-electron chi connectivity index (χ2n) is 15.8. The van der Waals surface area contributed by atoms with Crippen LogP contribution in [-0.4, -0.2) is 111 Å². The topological polar surface area (TPSA) is 182 Å². The second kappa shape index (κ2) is 17.2. The van der Waals surface area contributed by atoms with Gasteiger partial charge in [0.1, 0.15) is 40.7 Å². The van der Waals surface area contributed by atoms with Crippen LogP contribution in [-0.2, 0) is 39.8 Å². The van der Waals surface area contributed by atoms with Gasteiger partial charge in [0.2, 0.25) is 11.8 Å². The molecule has 0 aromatic heterocycles. The lowest BCUT2D eigenvalue weighted by Crippen LogP contribution is -2.63. The predicted molar refractivity (Wildman–Crippen MR) is 205 cm³/mol. The number of alkyl carbamates (subject to hydrolysis) is 1. The minimum absolute atomic E-state index is 0.0468. The first-order valence-corrected chi connectivity index (χ1v) is 19.4. The molecule has 0 spiro atoms. The second-order valence-corrected chi connectivity index (χ2v) is 16.2. The number of amides is 3. The van der Waals surface area contributed by atoms with E-state index in [2.05, 4.69) is 5.32 Å². The molecule has 304 valence electrons. The van der Waals surface area contributed by atoms with Gasteiger partial charge in [-0.25, -0.2) is 9.59 Å². The van der Waals surface area contributed by atoms with E-state index in [0.29, 0.717) is 43.2 Å². The summed E-state index contributed by atoms with van der Waals surface area (Å²) in [5, 5.41) is 14.5. The van der Waals surface area contributed by atoms with Crippen LogP contribution >= 0.6 is 11.6 Å². The van der Waals surface area contributed by atoms with E-state index in [1.165, 1.54) is 24.0 Å². The lowest BCUT2D eigenvalue weighted by Gasteiger charge is -2.42. The Hall–Kier alpha value is -3.69. The lowest BCUT2D eigenvalue weighted by atomic mass is 9.81. The molecular weight excluding hydrogens is 732 g/mol. The Morgan fingerprint density at radius 2 is 1.89 bits per heavy atom. The molecule has 0 radical (unpaired) electrons. The number of ether oxygens (including phenoxy) is 5. The third kappa shape index (κ3) is 9.15. The summed E-state index contributed by atoms with van der Waals surface area (Å²) in [5.41, 5.74) is 4.96. The molecule has 1 saturated carbocycles. The fourth-order valence-corrected chi connectivity index (χ4v) is 8.44. The van der Waals surface area contributed by atoms with Crippen molar-refractivity contribution in [3.8, 4) is 5.75 Å². The Labute approximate surface area is 328 Å². The van der Waals surface area contributed by atoms with Crippen molar-refractivity contribution in [3.63, 3.8) is 0 Å². The standard InChI is InChI=1S/C40H57ClN4O10/c1-22-10-9-11-31(52-8)40(50)20-30(53-38(49)43-40)23(2)35-39(4,55-35)32(19-33(46)45(6)28-17-26(16-22)18-29(51-7)34(28)41)54-37(48)24(3)44(5)36(47)27-14-12-25(21-42)13-15-27/h9-11,17-18,23-25,27,30-32,35,50H,12-16,19-21,42H2,1-8H3,(H,43,49)/b11-9+,22-10+/t23-,24+,25-,27-,30+,31-,32+,35?,39+,40+/m1/s1. The average molecular weight is 789 g/mol. The fraction of sp³-hybridized carbons (Fsp3) is 0.650. The van der Waals surface area contributed by atoms with Crippen LogP contribution < -0.4 is 20.7 Å². The van der Waals surface area contributed by atoms with E-state index in [0.717, 1.165) is 24.0 Å². The summed E-state index contributed by atoms with van der Waals surface area (Å²) in [6, 6.07) is 2.64. The molecule has 1 aromatic carbocycles. The summed E-state index contributed by atoms with van der Waals surface area (Å²) in [7, 11) is 6.10. The molecule has 1 aromatic rings. The molecule has 8 atom stereocenters. The number of methoxy groups -OCH3 is 2. The van der Waals surface area contributed by atoms with E-state index in [4.69, 9.17) is 41.0 Å². The molecule has 3 aliphatic heterocycles. The van der Waals surface area contributed by atoms with Crippen LogP contribution in [0.4, 0.5) is 10.5 Å². The van der Waals surface area contributed by atoms with Crippen LogP contribution in [0, 0.1) is 17.8 Å². The van der Waals surface area contributed by atoms with Crippen LogP contribution in [0.25, 0.3) is 0 Å². The Balaban J connectivity index is 1.49. The number of hydrogen-bond acceptors (Lipinski definition) is 11. The third-order valence-corrected chi connectivity index (χ3v) is 12.4. The summed E-state index contributed by atoms with van der Waals surface area (Å²) in [6.45, 7) is 7.66. The maximum Gasteiger partial charge on any atom is 0.409 e. The number of halogens is 1. The first-order chi connectivity index (χ1) is 26.0. The predicted octanol–water partition coefficient (Wildman–Crippen LogP) is 4.28. The number of esters is 1. The van der Waals surface area contributed by atoms with Crippen LogP contribution in [0.1, 0.15) is 71.8 Å². The van der Waals surface area contributed by atoms with E-state index in [-0.39, 0.29) is 29.7 Å². The largest absolute Gasteiger partial charge is 0.495 e. The van der Waals surface area contributed by atoms with Gasteiger partial charge in [0.05, 0.1) is 25.3 Å². The van der Waals surface area contributed by atoms with Crippen LogP contribution in [0.15, 0.2) is 35.9 Å². The van der Waals surface area contributed by atoms with Gasteiger partial charge in [-0.2, -0.15) is 0 Å². The molecule has 4 aliphatic rings. The highest BCUT2D eigenvalue weighted by Gasteiger charge is 2.64. The number of nitrogens with two attached hydrogens (primary N) is 1. The smallest absolute Gasteiger partial charge is 0.409 e. The Bertz CT molecular complexity index is 1680. The highest BCUT2D eigenvalue weighted by molar-refractivity contribution is 6.35. The van der Waals surface area contributed by atoms with Gasteiger partial charge < -0.3 is 44.3 Å². The van der Waals surface area contributed by atoms with Crippen molar-refractivity contribution >= 4 is 41.2 Å². The lowest BCUT2D eigenvalue weighted by molar-refractivity contribution is -0.163. The van der Waals surface area contributed by atoms with Crippen molar-refractivity contribution in [3.05, 3.63) is 46.5 Å². The van der Waals surface area contributed by atoms with Gasteiger partial charge in [0, 0.05) is 39.5 Å². The van der Waals surface area contributed by atoms with Gasteiger partial charge in [-0.1, -0.05) is 42.3 Å². The van der Waals surface area contributed by atoms with Gasteiger partial charge in [0.25, 0.3) is 0 Å². The number of anilines is 1. The first kappa shape index (κ1) is 42.5. The molecule has 4 bridgehead atoms. The number of allylic oxidation sites excluding steroid dienone is 3. The average Bonchev–Trinajstić information content (AvgIpc) is 3.86. The highest BCUT2D eigenvalue weighted by atomic mass is 35.5. The molecular formula is C40H57ClN4O10. The van der Waals surface area contributed by atoms with Crippen molar-refractivity contribution < 1.29 is 48.0 Å². The number of hydrogen-bond donors (Lipinski definition) is 3. The molecule has 1 unspecified atom stereocenters. The van der Waals surface area contributed by atoms with Crippen molar-refractivity contribution in [2.75, 3.05) is 39.8 Å². The molecule has 14 nitrogen and oxygen atoms in total. The number of carbonyl (C=O) groups is 4. The maximum atomic E-state index is 14.2. The van der Waals surface area contributed by atoms with Crippen molar-refractivity contribution in [1.29, 1.82) is 0 Å². The molecule has 3 fully saturated rings. The number of benzene rings is 1. The van der Waals surface area contributed by atoms with Crippen molar-refractivity contribution in [2.24, 2.45) is 23.5 Å². The number of nitrogens with one attached hydrogen (secondary N) is 1. The summed E-state index contributed by atoms with van der Waals surface area (Å²) in [5.74, 6) is -1.24. The molecule has 3 heterocycles. The highest BCUT2D eigenvalue weighted by Crippen LogP contribution is 2.49. The zero-order valence-corrected chi connectivity index (χ0v) is 33.9. The number of nitrogens with zero attached hydrogens (tertiary/aromatic N) is 2. The quantitative estimate of drug-likeness (QED) is 0.265. The summed E-state index contributed by atoms with van der Waals surface area (Å²) >= 11 is 6.78. The molecule has 55 heavy (non-hydrogen) atoms. The number of fused-ring (bicyclic) bond motifs is 5. The third-order valence-electron chi connectivity index (χ3n) is 12.0. The molecule has 3 amide bonds. The van der Waals surface area contributed by atoms with Gasteiger partial charge in [0.15, 0.2) is 5.72 Å². The van der Waals surface area contributed by atoms with Gasteiger partial charge in [-0.3, -0.25) is 14.9 Å². The number of carbonyl (C=O) groups excluding carboxylic acids is 4. The summed E-state index contributed by atoms with van der Waals surface area (Å²) in [6.07, 6.45) is 4.10. The zero-order valence-electron chi connectivity index (χ0n) is 33.1. The Morgan fingerprint density at radius 3 is 2.53 bits per heavy atom. The first-order valence-electron chi connectivity index (χ1n) is 19.0. The van der Waals surface area contributed by atoms with Crippen molar-refractivity contribution in [1.82, 2.24) is 10.2 Å². The van der Waals surface area contributed by atoms with E-state index in [1.54, 1.807) is 52.2 Å². The van der Waals surface area contributed by atoms with Gasteiger partial charge in [-0.15, -0.1) is 0 Å². The van der Waals surface area contributed by atoms with Crippen LogP contribution in [0.2, 0.25) is 5.02 Å². The molecule has 15 heteroatoms. The normalized spacial score (nSPS) is 34.9. The zero-order chi connectivity index (χ0) is 40.4. The fourth-order valence-electron chi connectivity index (χ4n) is 8.13. The molecule has 2 saturated heterocycles. The number of likely N-dealkylation sites (N-methyl/N-ethyl adjacent to an activating group) is 1. The van der Waals surface area contributed by atoms with E-state index >= 15 is 0 Å². The molecule has 1 aliphatic carbocycles. The monoisotopic (exact) mass is 788 g/mol. The minimum atomic E-state index is -1.82. The van der Waals surface area contributed by atoms with E-state index in [9.17, 15) is 24.3 Å². The Morgan fingerprint density at radius 1 is 1.20 bits per heavy atom. The van der Waals surface area contributed by atoms with Gasteiger partial charge >= 0.3 is 12.1 Å². The molecule has 4 N–H and O–H groups in total. The van der Waals surface area contributed by atoms with Crippen LogP contribution in [0.5, 0.6) is 5.75 Å². The van der Waals surface area contributed by atoms with Gasteiger partial charge in [-0.05, 0) is 83.0 Å². The maximum absolute atomic E-state index is 14.2. The summed E-state index contributed by atoms with van der Waals surface area (Å²) in [4.78, 5) is 57.4. The van der Waals surface area contributed by atoms with Crippen molar-refractivity contribution in [2.45, 2.75) is 114 Å². The SMILES string of the molecule is COc1cc2cc(c1Cl)N(C)C(=O)C[C@H](OC(=O)[C@H](C)N(C)C(=O)[C@H]1CC[C@H](CN)CC1)[C@]1(C)OC1[C@H](C)[C@@H]1C[C@@](O)(NC(=O)O1)[C@H](OC)/C=C/C=C(\C)C2. The van der Waals surface area contributed by atoms with E-state index in [1.807, 2.05) is 19.9 Å². The number of aliphatic hydroxyl groups is 1.